The van der Waals surface area contributed by atoms with Crippen molar-refractivity contribution in [3.8, 4) is 11.3 Å². The van der Waals surface area contributed by atoms with Crippen molar-refractivity contribution in [3.05, 3.63) is 82.5 Å². The molecule has 2 heterocycles. The molecule has 0 bridgehead atoms. The first kappa shape index (κ1) is 22.1. The van der Waals surface area contributed by atoms with Crippen molar-refractivity contribution in [3.63, 3.8) is 0 Å². The van der Waals surface area contributed by atoms with E-state index in [0.717, 1.165) is 4.47 Å². The van der Waals surface area contributed by atoms with Crippen molar-refractivity contribution in [1.82, 2.24) is 10.6 Å². The number of amides is 2. The summed E-state index contributed by atoms with van der Waals surface area (Å²) in [5.74, 6) is -2.94. The molecule has 1 aromatic heterocycles. The van der Waals surface area contributed by atoms with Crippen LogP contribution >= 0.6 is 15.9 Å². The third kappa shape index (κ3) is 3.91. The zero-order valence-electron chi connectivity index (χ0n) is 16.2. The van der Waals surface area contributed by atoms with Crippen molar-refractivity contribution in [2.24, 2.45) is 5.92 Å². The third-order valence-corrected chi connectivity index (χ3v) is 5.74. The van der Waals surface area contributed by atoms with Gasteiger partial charge in [-0.25, -0.2) is 4.79 Å². The fraction of sp³-hybridized carbons (Fsp3) is 0.182. The zero-order valence-corrected chi connectivity index (χ0v) is 17.8. The van der Waals surface area contributed by atoms with Crippen molar-refractivity contribution in [2.45, 2.75) is 17.9 Å². The Bertz CT molecular complexity index is 1150. The average molecular weight is 509 g/mol. The first-order chi connectivity index (χ1) is 15.1. The van der Waals surface area contributed by atoms with Gasteiger partial charge in [-0.05, 0) is 24.3 Å². The fourth-order valence-electron chi connectivity index (χ4n) is 3.65. The van der Waals surface area contributed by atoms with Crippen molar-refractivity contribution in [1.29, 1.82) is 0 Å². The topological polar surface area (TPSA) is 91.6 Å². The largest absolute Gasteiger partial charge is 0.459 e. The summed E-state index contributed by atoms with van der Waals surface area (Å²) in [5, 5.41) is 14.4. The first-order valence-electron chi connectivity index (χ1n) is 9.43. The molecule has 0 aliphatic carbocycles. The number of halogens is 4. The molecule has 32 heavy (non-hydrogen) atoms. The second-order valence-corrected chi connectivity index (χ2v) is 8.17. The molecule has 2 amide bonds. The summed E-state index contributed by atoms with van der Waals surface area (Å²) < 4.78 is 48.4. The van der Waals surface area contributed by atoms with Crippen LogP contribution in [0.5, 0.6) is 0 Å². The quantitative estimate of drug-likeness (QED) is 0.441. The number of benzene rings is 2. The molecule has 0 saturated carbocycles. The Morgan fingerprint density at radius 2 is 1.69 bits per heavy atom. The monoisotopic (exact) mass is 508 g/mol. The Morgan fingerprint density at radius 3 is 2.31 bits per heavy atom. The first-order valence-corrected chi connectivity index (χ1v) is 10.2. The smallest absolute Gasteiger partial charge is 0.437 e. The van der Waals surface area contributed by atoms with Crippen LogP contribution in [-0.4, -0.2) is 28.8 Å². The van der Waals surface area contributed by atoms with E-state index in [9.17, 15) is 27.9 Å². The number of urea groups is 1. The number of carbonyl (C=O) groups is 2. The van der Waals surface area contributed by atoms with Crippen molar-refractivity contribution < 1.29 is 32.3 Å². The number of aliphatic hydroxyl groups is 1. The lowest BCUT2D eigenvalue weighted by Gasteiger charge is -2.44. The summed E-state index contributed by atoms with van der Waals surface area (Å²) in [6.07, 6.45) is -5.33. The normalized spacial score (nSPS) is 23.3. The summed E-state index contributed by atoms with van der Waals surface area (Å²) in [4.78, 5) is 25.3. The molecule has 10 heteroatoms. The van der Waals surface area contributed by atoms with Gasteiger partial charge < -0.3 is 20.2 Å². The van der Waals surface area contributed by atoms with E-state index in [2.05, 4.69) is 21.2 Å². The summed E-state index contributed by atoms with van der Waals surface area (Å²) >= 11 is 3.31. The molecule has 1 aliphatic rings. The van der Waals surface area contributed by atoms with E-state index in [-0.39, 0.29) is 11.3 Å². The highest BCUT2D eigenvalue weighted by atomic mass is 79.9. The highest BCUT2D eigenvalue weighted by Crippen LogP contribution is 2.44. The molecule has 0 spiro atoms. The van der Waals surface area contributed by atoms with Gasteiger partial charge in [-0.15, -0.1) is 0 Å². The van der Waals surface area contributed by atoms with E-state index in [1.165, 1.54) is 41.7 Å². The van der Waals surface area contributed by atoms with Crippen LogP contribution in [0.25, 0.3) is 11.3 Å². The summed E-state index contributed by atoms with van der Waals surface area (Å²) in [6.45, 7) is 0. The molecule has 6 nitrogen and oxygen atoms in total. The number of furan rings is 1. The van der Waals surface area contributed by atoms with Gasteiger partial charge in [0.1, 0.15) is 23.5 Å². The van der Waals surface area contributed by atoms with E-state index >= 15 is 0 Å². The van der Waals surface area contributed by atoms with Crippen LogP contribution in [0.15, 0.2) is 75.6 Å². The Hall–Kier alpha value is -3.11. The number of hydrogen-bond donors (Lipinski definition) is 3. The minimum Gasteiger partial charge on any atom is -0.459 e. The molecule has 1 aliphatic heterocycles. The predicted octanol–water partition coefficient (Wildman–Crippen LogP) is 4.81. The minimum absolute atomic E-state index is 0.0530. The summed E-state index contributed by atoms with van der Waals surface area (Å²) in [5.41, 5.74) is -3.23. The Morgan fingerprint density at radius 1 is 1.03 bits per heavy atom. The summed E-state index contributed by atoms with van der Waals surface area (Å²) in [6, 6.07) is 14.2. The molecule has 0 radical (unpaired) electrons. The number of ketones is 1. The van der Waals surface area contributed by atoms with Gasteiger partial charge in [0, 0.05) is 15.6 Å². The number of alkyl halides is 3. The van der Waals surface area contributed by atoms with Gasteiger partial charge in [-0.3, -0.25) is 4.79 Å². The lowest BCUT2D eigenvalue weighted by Crippen LogP contribution is -2.72. The molecule has 1 saturated heterocycles. The fourth-order valence-corrected chi connectivity index (χ4v) is 3.91. The zero-order chi connectivity index (χ0) is 23.1. The van der Waals surface area contributed by atoms with E-state index in [0.29, 0.717) is 11.3 Å². The molecule has 4 rings (SSSR count). The van der Waals surface area contributed by atoms with Crippen molar-refractivity contribution >= 4 is 27.7 Å². The highest BCUT2D eigenvalue weighted by molar-refractivity contribution is 9.10. The van der Waals surface area contributed by atoms with Crippen molar-refractivity contribution in [2.75, 3.05) is 0 Å². The molecular formula is C22H16BrF3N2O4. The number of rotatable bonds is 4. The molecule has 166 valence electrons. The number of nitrogens with one attached hydrogen (secondary N) is 2. The molecule has 2 aromatic carbocycles. The van der Waals surface area contributed by atoms with Crippen LogP contribution in [0.1, 0.15) is 22.2 Å². The van der Waals surface area contributed by atoms with Crippen LogP contribution < -0.4 is 10.6 Å². The lowest BCUT2D eigenvalue weighted by atomic mass is 9.79. The molecule has 1 fully saturated rings. The molecule has 3 aromatic rings. The van der Waals surface area contributed by atoms with E-state index in [4.69, 9.17) is 4.42 Å². The molecular weight excluding hydrogens is 493 g/mol. The minimum atomic E-state index is -5.33. The van der Waals surface area contributed by atoms with E-state index in [1.54, 1.807) is 30.3 Å². The van der Waals surface area contributed by atoms with E-state index < -0.39 is 35.7 Å². The predicted molar refractivity (Wildman–Crippen MR) is 112 cm³/mol. The number of Topliss-reactive ketones (excluding diaryl/α,β-unsaturated/α-hetero) is 1. The Labute approximate surface area is 188 Å². The highest BCUT2D eigenvalue weighted by Gasteiger charge is 2.66. The average Bonchev–Trinajstić information content (AvgIpc) is 3.23. The van der Waals surface area contributed by atoms with Crippen LogP contribution in [-0.2, 0) is 0 Å². The van der Waals surface area contributed by atoms with Gasteiger partial charge in [0.25, 0.3) is 0 Å². The van der Waals surface area contributed by atoms with Crippen LogP contribution in [0.4, 0.5) is 18.0 Å². The van der Waals surface area contributed by atoms with Crippen LogP contribution in [0, 0.1) is 5.92 Å². The number of carbonyl (C=O) groups excluding carboxylic acids is 2. The Balaban J connectivity index is 1.80. The SMILES string of the molecule is O=C1N[C@@H](c2ccc(-c3ccc(Br)cc3)o2)[C@@H](C(=O)c2ccccc2)[C@@](O)(C(F)(F)F)N1. The second-order valence-electron chi connectivity index (χ2n) is 7.26. The van der Waals surface area contributed by atoms with Gasteiger partial charge >= 0.3 is 12.2 Å². The second kappa shape index (κ2) is 8.10. The molecule has 3 N–H and O–H groups in total. The standard InChI is InChI=1S/C22H16BrF3N2O4/c23-14-8-6-12(7-9-14)15-10-11-16(32-15)18-17(19(29)13-4-2-1-3-5-13)21(31,22(24,25)26)28-20(30)27-18/h1-11,17-18,31H,(H2,27,28,30)/t17-,18-,21+/m0/s1. The van der Waals surface area contributed by atoms with Gasteiger partial charge in [0.05, 0.1) is 0 Å². The maximum atomic E-state index is 13.9. The van der Waals surface area contributed by atoms with Gasteiger partial charge in [0.2, 0.25) is 5.72 Å². The maximum Gasteiger partial charge on any atom is 0.437 e. The third-order valence-electron chi connectivity index (χ3n) is 5.21. The van der Waals surface area contributed by atoms with Crippen LogP contribution in [0.3, 0.4) is 0 Å². The Kier molecular flexibility index (Phi) is 5.59. The van der Waals surface area contributed by atoms with E-state index in [1.807, 2.05) is 0 Å². The maximum absolute atomic E-state index is 13.9. The van der Waals surface area contributed by atoms with Gasteiger partial charge in [-0.2, -0.15) is 13.2 Å². The van der Waals surface area contributed by atoms with Gasteiger partial charge in [0.15, 0.2) is 5.78 Å². The molecule has 3 atom stereocenters. The lowest BCUT2D eigenvalue weighted by molar-refractivity contribution is -0.288. The molecule has 0 unspecified atom stereocenters. The summed E-state index contributed by atoms with van der Waals surface area (Å²) in [7, 11) is 0. The number of hydrogen-bond acceptors (Lipinski definition) is 4. The van der Waals surface area contributed by atoms with Crippen LogP contribution in [0.2, 0.25) is 0 Å². The van der Waals surface area contributed by atoms with Gasteiger partial charge in [-0.1, -0.05) is 58.4 Å².